The largest absolute Gasteiger partial charge is 0.508 e. The fraction of sp³-hybridized carbons (Fsp3) is 0.333. The van der Waals surface area contributed by atoms with E-state index < -0.39 is 5.97 Å². The number of aromatic hydroxyl groups is 1. The molecule has 6 heteroatoms. The molecule has 0 spiro atoms. The molecule has 0 bridgehead atoms. The SMILES string of the molecule is COC(=O)/C=C/CNC(=O)C1COc2cc(O)ccc2C1. The number of carbonyl (C=O) groups excluding carboxylic acids is 2. The van der Waals surface area contributed by atoms with Gasteiger partial charge in [-0.1, -0.05) is 12.1 Å². The molecular formula is C15H17NO5. The maximum atomic E-state index is 12.0. The van der Waals surface area contributed by atoms with Crippen molar-refractivity contribution in [2.45, 2.75) is 6.42 Å². The van der Waals surface area contributed by atoms with Crippen molar-refractivity contribution in [3.8, 4) is 11.5 Å². The van der Waals surface area contributed by atoms with Crippen molar-refractivity contribution in [3.05, 3.63) is 35.9 Å². The standard InChI is InChI=1S/C15H17NO5/c1-20-14(18)3-2-6-16-15(19)11-7-10-4-5-12(17)8-13(10)21-9-11/h2-5,8,11,17H,6-7,9H2,1H3,(H,16,19)/b3-2+. The van der Waals surface area contributed by atoms with Gasteiger partial charge in [-0.25, -0.2) is 4.79 Å². The third-order valence-electron chi connectivity index (χ3n) is 3.18. The van der Waals surface area contributed by atoms with Crippen LogP contribution in [0.3, 0.4) is 0 Å². The van der Waals surface area contributed by atoms with Gasteiger partial charge in [0.1, 0.15) is 18.1 Å². The molecule has 0 saturated heterocycles. The average Bonchev–Trinajstić information content (AvgIpc) is 2.50. The lowest BCUT2D eigenvalue weighted by Crippen LogP contribution is -2.37. The molecule has 1 atom stereocenters. The summed E-state index contributed by atoms with van der Waals surface area (Å²) in [7, 11) is 1.29. The Balaban J connectivity index is 1.86. The minimum absolute atomic E-state index is 0.136. The number of hydrogen-bond donors (Lipinski definition) is 2. The van der Waals surface area contributed by atoms with Crippen LogP contribution < -0.4 is 10.1 Å². The van der Waals surface area contributed by atoms with E-state index in [9.17, 15) is 14.7 Å². The van der Waals surface area contributed by atoms with Crippen LogP contribution in [0, 0.1) is 5.92 Å². The van der Waals surface area contributed by atoms with Gasteiger partial charge in [0.25, 0.3) is 0 Å². The number of phenolic OH excluding ortho intramolecular Hbond substituents is 1. The van der Waals surface area contributed by atoms with Gasteiger partial charge in [0.2, 0.25) is 5.91 Å². The zero-order valence-corrected chi connectivity index (χ0v) is 11.7. The second kappa shape index (κ2) is 6.78. The van der Waals surface area contributed by atoms with Crippen molar-refractivity contribution in [3.63, 3.8) is 0 Å². The zero-order valence-electron chi connectivity index (χ0n) is 11.7. The molecular weight excluding hydrogens is 274 g/mol. The molecule has 112 valence electrons. The topological polar surface area (TPSA) is 84.9 Å². The summed E-state index contributed by atoms with van der Waals surface area (Å²) < 4.78 is 9.93. The fourth-order valence-electron chi connectivity index (χ4n) is 2.06. The highest BCUT2D eigenvalue weighted by molar-refractivity contribution is 5.82. The maximum absolute atomic E-state index is 12.0. The summed E-state index contributed by atoms with van der Waals surface area (Å²) in [5, 5.41) is 12.1. The number of fused-ring (bicyclic) bond motifs is 1. The van der Waals surface area contributed by atoms with Crippen LogP contribution in [-0.2, 0) is 20.7 Å². The highest BCUT2D eigenvalue weighted by atomic mass is 16.5. The molecule has 0 aliphatic carbocycles. The molecule has 1 aromatic rings. The van der Waals surface area contributed by atoms with Crippen molar-refractivity contribution in [2.24, 2.45) is 5.92 Å². The van der Waals surface area contributed by atoms with Crippen molar-refractivity contribution < 1.29 is 24.2 Å². The Kier molecular flexibility index (Phi) is 4.81. The number of phenols is 1. The minimum atomic E-state index is -0.459. The van der Waals surface area contributed by atoms with Gasteiger partial charge in [0, 0.05) is 18.7 Å². The molecule has 1 amide bonds. The van der Waals surface area contributed by atoms with Gasteiger partial charge in [-0.15, -0.1) is 0 Å². The lowest BCUT2D eigenvalue weighted by atomic mass is 9.96. The Morgan fingerprint density at radius 1 is 1.52 bits per heavy atom. The summed E-state index contributed by atoms with van der Waals surface area (Å²) in [4.78, 5) is 22.9. The summed E-state index contributed by atoms with van der Waals surface area (Å²) in [5.74, 6) is -0.120. The quantitative estimate of drug-likeness (QED) is 0.633. The number of benzene rings is 1. The molecule has 2 rings (SSSR count). The first-order valence-corrected chi connectivity index (χ1v) is 6.57. The third kappa shape index (κ3) is 3.98. The molecule has 2 N–H and O–H groups in total. The van der Waals surface area contributed by atoms with E-state index in [0.29, 0.717) is 12.2 Å². The van der Waals surface area contributed by atoms with E-state index in [-0.39, 0.29) is 30.7 Å². The number of methoxy groups -OCH3 is 1. The first-order valence-electron chi connectivity index (χ1n) is 6.57. The lowest BCUT2D eigenvalue weighted by Gasteiger charge is -2.24. The molecule has 1 aromatic carbocycles. The second-order valence-electron chi connectivity index (χ2n) is 4.67. The minimum Gasteiger partial charge on any atom is -0.508 e. The summed E-state index contributed by atoms with van der Waals surface area (Å²) in [6, 6.07) is 4.87. The van der Waals surface area contributed by atoms with Crippen LogP contribution in [0.15, 0.2) is 30.4 Å². The molecule has 1 aliphatic heterocycles. The molecule has 0 saturated carbocycles. The maximum Gasteiger partial charge on any atom is 0.330 e. The van der Waals surface area contributed by atoms with Gasteiger partial charge < -0.3 is 19.9 Å². The highest BCUT2D eigenvalue weighted by Gasteiger charge is 2.25. The Labute approximate surface area is 122 Å². The Hall–Kier alpha value is -2.50. The second-order valence-corrected chi connectivity index (χ2v) is 4.67. The normalized spacial score (nSPS) is 16.9. The van der Waals surface area contributed by atoms with E-state index in [4.69, 9.17) is 4.74 Å². The molecule has 0 radical (unpaired) electrons. The van der Waals surface area contributed by atoms with Crippen molar-refractivity contribution in [1.82, 2.24) is 5.32 Å². The number of amides is 1. The lowest BCUT2D eigenvalue weighted by molar-refractivity contribution is -0.135. The molecule has 1 aliphatic rings. The van der Waals surface area contributed by atoms with Crippen LogP contribution in [0.4, 0.5) is 0 Å². The summed E-state index contributed by atoms with van der Waals surface area (Å²) in [5.41, 5.74) is 0.893. The van der Waals surface area contributed by atoms with Crippen LogP contribution in [0.5, 0.6) is 11.5 Å². The van der Waals surface area contributed by atoms with E-state index in [1.165, 1.54) is 19.3 Å². The van der Waals surface area contributed by atoms with Crippen LogP contribution in [0.25, 0.3) is 0 Å². The van der Waals surface area contributed by atoms with Crippen LogP contribution in [-0.4, -0.2) is 37.2 Å². The van der Waals surface area contributed by atoms with Crippen molar-refractivity contribution >= 4 is 11.9 Å². The van der Waals surface area contributed by atoms with Crippen molar-refractivity contribution in [1.29, 1.82) is 0 Å². The summed E-state index contributed by atoms with van der Waals surface area (Å²) in [6.45, 7) is 0.524. The zero-order chi connectivity index (χ0) is 15.2. The van der Waals surface area contributed by atoms with Crippen LogP contribution in [0.1, 0.15) is 5.56 Å². The molecule has 6 nitrogen and oxygen atoms in total. The molecule has 0 fully saturated rings. The molecule has 21 heavy (non-hydrogen) atoms. The van der Waals surface area contributed by atoms with E-state index >= 15 is 0 Å². The Bertz CT molecular complexity index is 567. The molecule has 1 unspecified atom stereocenters. The first-order chi connectivity index (χ1) is 10.1. The number of carbonyl (C=O) groups is 2. The van der Waals surface area contributed by atoms with Crippen LogP contribution in [0.2, 0.25) is 0 Å². The Morgan fingerprint density at radius 3 is 3.10 bits per heavy atom. The van der Waals surface area contributed by atoms with Gasteiger partial charge in [-0.2, -0.15) is 0 Å². The highest BCUT2D eigenvalue weighted by Crippen LogP contribution is 2.30. The summed E-state index contributed by atoms with van der Waals surface area (Å²) in [6.07, 6.45) is 3.34. The van der Waals surface area contributed by atoms with Gasteiger partial charge in [-0.05, 0) is 18.1 Å². The third-order valence-corrected chi connectivity index (χ3v) is 3.18. The smallest absolute Gasteiger partial charge is 0.330 e. The summed E-state index contributed by atoms with van der Waals surface area (Å²) >= 11 is 0. The van der Waals surface area contributed by atoms with Gasteiger partial charge in [-0.3, -0.25) is 4.79 Å². The van der Waals surface area contributed by atoms with Gasteiger partial charge in [0.15, 0.2) is 0 Å². The van der Waals surface area contributed by atoms with E-state index in [1.54, 1.807) is 18.2 Å². The number of esters is 1. The fourth-order valence-corrected chi connectivity index (χ4v) is 2.06. The monoisotopic (exact) mass is 291 g/mol. The molecule has 1 heterocycles. The number of nitrogens with one attached hydrogen (secondary N) is 1. The van der Waals surface area contributed by atoms with Gasteiger partial charge >= 0.3 is 5.97 Å². The van der Waals surface area contributed by atoms with Gasteiger partial charge in [0.05, 0.1) is 13.0 Å². The van der Waals surface area contributed by atoms with E-state index in [1.807, 2.05) is 0 Å². The van der Waals surface area contributed by atoms with Crippen LogP contribution >= 0.6 is 0 Å². The first kappa shape index (κ1) is 14.9. The molecule has 0 aromatic heterocycles. The number of rotatable bonds is 4. The average molecular weight is 291 g/mol. The number of hydrogen-bond acceptors (Lipinski definition) is 5. The Morgan fingerprint density at radius 2 is 2.33 bits per heavy atom. The van der Waals surface area contributed by atoms with E-state index in [2.05, 4.69) is 10.1 Å². The number of ether oxygens (including phenoxy) is 2. The van der Waals surface area contributed by atoms with Crippen molar-refractivity contribution in [2.75, 3.05) is 20.3 Å². The van der Waals surface area contributed by atoms with E-state index in [0.717, 1.165) is 5.56 Å². The predicted octanol–water partition coefficient (Wildman–Crippen LogP) is 0.789. The predicted molar refractivity (Wildman–Crippen MR) is 75.0 cm³/mol.